The van der Waals surface area contributed by atoms with Crippen LogP contribution < -0.4 is 14.8 Å². The van der Waals surface area contributed by atoms with Crippen molar-refractivity contribution in [1.82, 2.24) is 4.90 Å². The number of fused-ring (bicyclic) bond motifs is 1. The predicted molar refractivity (Wildman–Crippen MR) is 130 cm³/mol. The number of aliphatic imine (C=N–C) groups is 1. The first-order valence-corrected chi connectivity index (χ1v) is 11.7. The van der Waals surface area contributed by atoms with Crippen molar-refractivity contribution >= 4 is 23.4 Å². The highest BCUT2D eigenvalue weighted by molar-refractivity contribution is 6.03. The number of hydrogen-bond donors (Lipinski definition) is 2. The summed E-state index contributed by atoms with van der Waals surface area (Å²) in [5, 5.41) is 12.2. The van der Waals surface area contributed by atoms with Crippen LogP contribution in [0.2, 0.25) is 0 Å². The number of hydrogen-bond acceptors (Lipinski definition) is 5. The zero-order valence-electron chi connectivity index (χ0n) is 19.9. The lowest BCUT2D eigenvalue weighted by molar-refractivity contribution is -0.138. The molecule has 2 aliphatic rings. The minimum atomic E-state index is -0.852. The quantitative estimate of drug-likeness (QED) is 0.614. The summed E-state index contributed by atoms with van der Waals surface area (Å²) in [6, 6.07) is 9.32. The van der Waals surface area contributed by atoms with Crippen molar-refractivity contribution in [2.24, 2.45) is 16.8 Å². The fraction of sp³-hybridized carbons (Fsp3) is 0.423. The molecular weight excluding hydrogens is 453 g/mol. The molecule has 2 aromatic rings. The number of carbonyl (C=O) groups is 2. The van der Waals surface area contributed by atoms with Crippen LogP contribution in [0.3, 0.4) is 0 Å². The Labute approximate surface area is 203 Å². The van der Waals surface area contributed by atoms with Crippen molar-refractivity contribution in [2.75, 3.05) is 39.2 Å². The van der Waals surface area contributed by atoms with Crippen LogP contribution in [0.5, 0.6) is 11.5 Å². The number of methoxy groups -OCH3 is 2. The summed E-state index contributed by atoms with van der Waals surface area (Å²) in [5.41, 5.74) is 3.36. The lowest BCUT2D eigenvalue weighted by Crippen LogP contribution is -2.46. The molecule has 2 N–H and O–H groups in total. The Kier molecular flexibility index (Phi) is 7.53. The molecule has 0 unspecified atom stereocenters. The van der Waals surface area contributed by atoms with Gasteiger partial charge in [-0.25, -0.2) is 9.18 Å². The number of halogens is 1. The molecule has 0 spiro atoms. The maximum Gasteiger partial charge on any atom is 0.321 e. The number of anilines is 1. The molecule has 0 aliphatic carbocycles. The molecule has 4 rings (SSSR count). The second-order valence-electron chi connectivity index (χ2n) is 8.94. The number of rotatable bonds is 7. The summed E-state index contributed by atoms with van der Waals surface area (Å²) in [7, 11) is 3.19. The van der Waals surface area contributed by atoms with Crippen molar-refractivity contribution in [1.29, 1.82) is 0 Å². The van der Waals surface area contributed by atoms with Crippen LogP contribution in [-0.4, -0.2) is 61.6 Å². The Morgan fingerprint density at radius 1 is 1.17 bits per heavy atom. The van der Waals surface area contributed by atoms with Crippen molar-refractivity contribution in [3.05, 3.63) is 53.3 Å². The molecule has 2 heterocycles. The number of carboxylic acid groups (broad SMARTS) is 1. The fourth-order valence-corrected chi connectivity index (χ4v) is 4.97. The molecule has 0 bridgehead atoms. The minimum Gasteiger partial charge on any atom is -0.493 e. The van der Waals surface area contributed by atoms with E-state index in [1.54, 1.807) is 25.2 Å². The molecule has 2 aliphatic heterocycles. The number of amides is 2. The fourth-order valence-electron chi connectivity index (χ4n) is 4.97. The third-order valence-electron chi connectivity index (χ3n) is 6.75. The number of likely N-dealkylation sites (tertiary alicyclic amines) is 1. The predicted octanol–water partition coefficient (Wildman–Crippen LogP) is 4.22. The monoisotopic (exact) mass is 483 g/mol. The van der Waals surface area contributed by atoms with Gasteiger partial charge in [0.05, 0.1) is 14.2 Å². The number of benzene rings is 2. The van der Waals surface area contributed by atoms with Crippen LogP contribution in [0.25, 0.3) is 0 Å². The molecule has 2 amide bonds. The van der Waals surface area contributed by atoms with Gasteiger partial charge < -0.3 is 24.8 Å². The first kappa shape index (κ1) is 24.5. The Hall–Kier alpha value is -3.62. The van der Waals surface area contributed by atoms with E-state index in [9.17, 15) is 19.1 Å². The highest BCUT2D eigenvalue weighted by atomic mass is 19.1. The molecule has 9 heteroatoms. The smallest absolute Gasteiger partial charge is 0.321 e. The van der Waals surface area contributed by atoms with Gasteiger partial charge in [0.1, 0.15) is 5.82 Å². The molecule has 2 atom stereocenters. The minimum absolute atomic E-state index is 0.0378. The first-order valence-electron chi connectivity index (χ1n) is 11.7. The van der Waals surface area contributed by atoms with Gasteiger partial charge in [0.15, 0.2) is 11.5 Å². The van der Waals surface area contributed by atoms with E-state index < -0.39 is 11.8 Å². The van der Waals surface area contributed by atoms with E-state index in [1.807, 2.05) is 12.1 Å². The number of carbonyl (C=O) groups excluding carboxylic acids is 1. The first-order chi connectivity index (χ1) is 16.9. The van der Waals surface area contributed by atoms with Gasteiger partial charge in [-0.05, 0) is 67.0 Å². The molecule has 0 radical (unpaired) electrons. The van der Waals surface area contributed by atoms with Gasteiger partial charge in [-0.3, -0.25) is 9.79 Å². The normalized spacial score (nSPS) is 19.4. The number of piperidine rings is 1. The summed E-state index contributed by atoms with van der Waals surface area (Å²) in [4.78, 5) is 30.9. The van der Waals surface area contributed by atoms with Crippen molar-refractivity contribution < 1.29 is 28.6 Å². The molecule has 0 saturated carbocycles. The average Bonchev–Trinajstić information content (AvgIpc) is 2.84. The van der Waals surface area contributed by atoms with E-state index in [0.717, 1.165) is 23.3 Å². The molecule has 8 nitrogen and oxygen atoms in total. The van der Waals surface area contributed by atoms with Crippen LogP contribution in [0.1, 0.15) is 30.4 Å². The van der Waals surface area contributed by atoms with E-state index in [0.29, 0.717) is 49.7 Å². The average molecular weight is 484 g/mol. The Morgan fingerprint density at radius 3 is 2.66 bits per heavy atom. The van der Waals surface area contributed by atoms with Crippen molar-refractivity contribution in [3.63, 3.8) is 0 Å². The van der Waals surface area contributed by atoms with E-state index in [4.69, 9.17) is 14.5 Å². The Morgan fingerprint density at radius 2 is 1.94 bits per heavy atom. The maximum absolute atomic E-state index is 13.5. The summed E-state index contributed by atoms with van der Waals surface area (Å²) < 4.78 is 24.5. The maximum atomic E-state index is 13.5. The second-order valence-corrected chi connectivity index (χ2v) is 8.94. The van der Waals surface area contributed by atoms with E-state index >= 15 is 0 Å². The summed E-state index contributed by atoms with van der Waals surface area (Å²) in [5.74, 6) is -0.177. The van der Waals surface area contributed by atoms with Crippen LogP contribution >= 0.6 is 0 Å². The number of nitrogens with one attached hydrogen (secondary N) is 1. The molecule has 35 heavy (non-hydrogen) atoms. The number of nitrogens with zero attached hydrogens (tertiary/aromatic N) is 2. The van der Waals surface area contributed by atoms with Gasteiger partial charge >= 0.3 is 12.0 Å². The summed E-state index contributed by atoms with van der Waals surface area (Å²) in [6.07, 6.45) is 1.93. The van der Waals surface area contributed by atoms with E-state index in [-0.39, 0.29) is 24.3 Å². The lowest BCUT2D eigenvalue weighted by atomic mass is 9.78. The highest BCUT2D eigenvalue weighted by Gasteiger charge is 2.34. The van der Waals surface area contributed by atoms with Crippen LogP contribution in [-0.2, 0) is 11.2 Å². The van der Waals surface area contributed by atoms with Gasteiger partial charge in [-0.1, -0.05) is 6.07 Å². The molecule has 2 aromatic carbocycles. The highest BCUT2D eigenvalue weighted by Crippen LogP contribution is 2.36. The van der Waals surface area contributed by atoms with Gasteiger partial charge in [0.25, 0.3) is 0 Å². The molecular formula is C26H30FN3O5. The summed E-state index contributed by atoms with van der Waals surface area (Å²) >= 11 is 0. The van der Waals surface area contributed by atoms with Gasteiger partial charge in [0.2, 0.25) is 0 Å². The number of urea groups is 1. The van der Waals surface area contributed by atoms with Crippen LogP contribution in [0.15, 0.2) is 41.4 Å². The standard InChI is InChI=1S/C26H30FN3O5/c1-34-23-11-17-6-8-28-22(21(17)14-24(23)35-2)10-18-15-30(9-7-16(18)12-25(31)32)26(33)29-20-5-3-4-19(27)13-20/h3-5,11,13-14,16,18H,6-10,12,15H2,1-2H3,(H,29,33)(H,31,32)/t16-,18-/m0/s1. The Bertz CT molecular complexity index is 1140. The SMILES string of the molecule is COc1cc2c(cc1OC)C(C[C@H]1CN(C(=O)Nc3cccc(F)c3)CC[C@H]1CC(=O)O)=NCC2. The van der Waals surface area contributed by atoms with E-state index in [1.165, 1.54) is 18.2 Å². The van der Waals surface area contributed by atoms with Crippen molar-refractivity contribution in [3.8, 4) is 11.5 Å². The lowest BCUT2D eigenvalue weighted by Gasteiger charge is -2.38. The number of aliphatic carboxylic acids is 1. The zero-order chi connectivity index (χ0) is 24.9. The number of carboxylic acids is 1. The van der Waals surface area contributed by atoms with E-state index in [2.05, 4.69) is 5.32 Å². The largest absolute Gasteiger partial charge is 0.493 e. The second kappa shape index (κ2) is 10.8. The van der Waals surface area contributed by atoms with Crippen LogP contribution in [0, 0.1) is 17.7 Å². The van der Waals surface area contributed by atoms with Crippen molar-refractivity contribution in [2.45, 2.75) is 25.7 Å². The van der Waals surface area contributed by atoms with Gasteiger partial charge in [-0.2, -0.15) is 0 Å². The molecule has 0 aromatic heterocycles. The molecule has 186 valence electrons. The zero-order valence-corrected chi connectivity index (χ0v) is 19.9. The molecule has 1 fully saturated rings. The van der Waals surface area contributed by atoms with Gasteiger partial charge in [-0.15, -0.1) is 0 Å². The van der Waals surface area contributed by atoms with Crippen LogP contribution in [0.4, 0.5) is 14.9 Å². The summed E-state index contributed by atoms with van der Waals surface area (Å²) in [6.45, 7) is 1.46. The Balaban J connectivity index is 1.54. The number of ether oxygens (including phenoxy) is 2. The molecule has 1 saturated heterocycles. The van der Waals surface area contributed by atoms with Gasteiger partial charge in [0, 0.05) is 43.0 Å². The third kappa shape index (κ3) is 5.72. The third-order valence-corrected chi connectivity index (χ3v) is 6.75. The topological polar surface area (TPSA) is 100 Å².